The van der Waals surface area contributed by atoms with Gasteiger partial charge in [-0.1, -0.05) is 36.4 Å². The molecular weight excluding hydrogens is 271 g/mol. The minimum Gasteiger partial charge on any atom is -0.386 e. The number of halogens is 1. The van der Waals surface area contributed by atoms with E-state index in [-0.39, 0.29) is 24.6 Å². The van der Waals surface area contributed by atoms with E-state index in [9.17, 15) is 14.3 Å². The first-order chi connectivity index (χ1) is 10.2. The number of nitrogens with one attached hydrogen (secondary N) is 2. The van der Waals surface area contributed by atoms with Gasteiger partial charge in [-0.05, 0) is 18.2 Å². The number of aliphatic hydroxyl groups excluding tert-OH is 1. The van der Waals surface area contributed by atoms with Crippen LogP contribution >= 0.6 is 0 Å². The number of hydrogen-bond donors (Lipinski definition) is 3. The molecule has 0 saturated carbocycles. The molecule has 110 valence electrons. The summed E-state index contributed by atoms with van der Waals surface area (Å²) < 4.78 is 13.4. The molecule has 0 aromatic heterocycles. The molecule has 0 aliphatic heterocycles. The Morgan fingerprint density at radius 3 is 2.48 bits per heavy atom. The molecule has 0 spiro atoms. The number of para-hydroxylation sites is 1. The lowest BCUT2D eigenvalue weighted by Gasteiger charge is -2.13. The van der Waals surface area contributed by atoms with Crippen molar-refractivity contribution >= 4 is 11.6 Å². The Morgan fingerprint density at radius 2 is 1.76 bits per heavy atom. The highest BCUT2D eigenvalue weighted by atomic mass is 19.1. The van der Waals surface area contributed by atoms with Gasteiger partial charge in [-0.15, -0.1) is 0 Å². The summed E-state index contributed by atoms with van der Waals surface area (Å²) in [7, 11) is 0. The van der Waals surface area contributed by atoms with Crippen LogP contribution in [0, 0.1) is 5.82 Å². The van der Waals surface area contributed by atoms with Gasteiger partial charge in [0.25, 0.3) is 0 Å². The summed E-state index contributed by atoms with van der Waals surface area (Å²) >= 11 is 0. The topological polar surface area (TPSA) is 61.4 Å². The van der Waals surface area contributed by atoms with E-state index in [1.807, 2.05) is 30.3 Å². The van der Waals surface area contributed by atoms with Crippen molar-refractivity contribution in [2.75, 3.05) is 18.4 Å². The van der Waals surface area contributed by atoms with E-state index in [0.717, 1.165) is 5.69 Å². The van der Waals surface area contributed by atoms with Gasteiger partial charge >= 0.3 is 0 Å². The Bertz CT molecular complexity index is 590. The molecule has 0 aliphatic carbocycles. The summed E-state index contributed by atoms with van der Waals surface area (Å²) in [5.41, 5.74) is 1.01. The average Bonchev–Trinajstić information content (AvgIpc) is 2.52. The number of benzene rings is 2. The molecule has 0 heterocycles. The summed E-state index contributed by atoms with van der Waals surface area (Å²) in [6.07, 6.45) is -1.06. The van der Waals surface area contributed by atoms with Crippen molar-refractivity contribution < 1.29 is 14.3 Å². The number of carbonyl (C=O) groups is 1. The molecular formula is C16H17FN2O2. The van der Waals surface area contributed by atoms with Crippen LogP contribution in [0.2, 0.25) is 0 Å². The average molecular weight is 288 g/mol. The van der Waals surface area contributed by atoms with Crippen LogP contribution in [-0.2, 0) is 4.79 Å². The molecule has 0 saturated heterocycles. The fourth-order valence-electron chi connectivity index (χ4n) is 1.87. The molecule has 0 radical (unpaired) electrons. The third-order valence-corrected chi connectivity index (χ3v) is 2.98. The van der Waals surface area contributed by atoms with Gasteiger partial charge in [-0.2, -0.15) is 0 Å². The van der Waals surface area contributed by atoms with E-state index in [2.05, 4.69) is 10.6 Å². The number of amides is 1. The Hall–Kier alpha value is -2.40. The molecule has 0 aliphatic rings. The Kier molecular flexibility index (Phi) is 5.29. The zero-order valence-electron chi connectivity index (χ0n) is 11.4. The fraction of sp³-hybridized carbons (Fsp3) is 0.188. The quantitative estimate of drug-likeness (QED) is 0.762. The fourth-order valence-corrected chi connectivity index (χ4v) is 1.87. The van der Waals surface area contributed by atoms with Crippen molar-refractivity contribution in [3.8, 4) is 0 Å². The second kappa shape index (κ2) is 7.40. The predicted molar refractivity (Wildman–Crippen MR) is 79.3 cm³/mol. The predicted octanol–water partition coefficient (Wildman–Crippen LogP) is 2.09. The van der Waals surface area contributed by atoms with Gasteiger partial charge in [-0.25, -0.2) is 4.39 Å². The lowest BCUT2D eigenvalue weighted by atomic mass is 10.1. The van der Waals surface area contributed by atoms with Crippen LogP contribution in [0.25, 0.3) is 0 Å². The normalized spacial score (nSPS) is 11.7. The molecule has 5 heteroatoms. The first kappa shape index (κ1) is 15.0. The van der Waals surface area contributed by atoms with Gasteiger partial charge in [0.1, 0.15) is 5.82 Å². The highest BCUT2D eigenvalue weighted by Crippen LogP contribution is 2.15. The standard InChI is InChI=1S/C16H17FN2O2/c17-14-9-5-4-8-13(14)15(20)10-19-16(21)11-18-12-6-2-1-3-7-12/h1-9,15,18,20H,10-11H2,(H,19,21). The van der Waals surface area contributed by atoms with Crippen molar-refractivity contribution in [3.05, 3.63) is 66.0 Å². The van der Waals surface area contributed by atoms with Crippen molar-refractivity contribution in [2.45, 2.75) is 6.10 Å². The lowest BCUT2D eigenvalue weighted by Crippen LogP contribution is -2.33. The van der Waals surface area contributed by atoms with E-state index in [0.29, 0.717) is 0 Å². The maximum absolute atomic E-state index is 13.4. The lowest BCUT2D eigenvalue weighted by molar-refractivity contribution is -0.119. The summed E-state index contributed by atoms with van der Waals surface area (Å²) in [6, 6.07) is 15.3. The first-order valence-corrected chi connectivity index (χ1v) is 6.65. The van der Waals surface area contributed by atoms with Crippen LogP contribution in [0.3, 0.4) is 0 Å². The summed E-state index contributed by atoms with van der Waals surface area (Å²) in [5.74, 6) is -0.754. The summed E-state index contributed by atoms with van der Waals surface area (Å²) in [6.45, 7) is 0.0598. The monoisotopic (exact) mass is 288 g/mol. The number of aliphatic hydroxyl groups is 1. The van der Waals surface area contributed by atoms with E-state index in [1.54, 1.807) is 12.1 Å². The van der Waals surface area contributed by atoms with Crippen molar-refractivity contribution in [3.63, 3.8) is 0 Å². The minimum atomic E-state index is -1.06. The van der Waals surface area contributed by atoms with Crippen molar-refractivity contribution in [1.29, 1.82) is 0 Å². The van der Waals surface area contributed by atoms with Gasteiger partial charge in [0.2, 0.25) is 5.91 Å². The molecule has 0 fully saturated rings. The molecule has 2 rings (SSSR count). The zero-order valence-corrected chi connectivity index (χ0v) is 11.4. The largest absolute Gasteiger partial charge is 0.386 e. The number of carbonyl (C=O) groups excluding carboxylic acids is 1. The van der Waals surface area contributed by atoms with Gasteiger partial charge in [0.15, 0.2) is 0 Å². The summed E-state index contributed by atoms with van der Waals surface area (Å²) in [5, 5.41) is 15.4. The number of hydrogen-bond acceptors (Lipinski definition) is 3. The second-order valence-electron chi connectivity index (χ2n) is 4.56. The van der Waals surface area contributed by atoms with Crippen LogP contribution in [0.5, 0.6) is 0 Å². The van der Waals surface area contributed by atoms with Gasteiger partial charge in [0.05, 0.1) is 12.6 Å². The van der Waals surface area contributed by atoms with Gasteiger partial charge in [0, 0.05) is 17.8 Å². The zero-order chi connectivity index (χ0) is 15.1. The molecule has 2 aromatic carbocycles. The number of anilines is 1. The molecule has 1 atom stereocenters. The number of rotatable bonds is 6. The molecule has 0 bridgehead atoms. The second-order valence-corrected chi connectivity index (χ2v) is 4.56. The summed E-state index contributed by atoms with van der Waals surface area (Å²) in [4.78, 5) is 11.7. The molecule has 1 amide bonds. The Balaban J connectivity index is 1.77. The van der Waals surface area contributed by atoms with Crippen LogP contribution in [-0.4, -0.2) is 24.1 Å². The molecule has 21 heavy (non-hydrogen) atoms. The van der Waals surface area contributed by atoms with Crippen LogP contribution in [0.15, 0.2) is 54.6 Å². The molecule has 4 nitrogen and oxygen atoms in total. The van der Waals surface area contributed by atoms with E-state index in [4.69, 9.17) is 0 Å². The van der Waals surface area contributed by atoms with E-state index >= 15 is 0 Å². The third-order valence-electron chi connectivity index (χ3n) is 2.98. The van der Waals surface area contributed by atoms with Crippen molar-refractivity contribution in [2.24, 2.45) is 0 Å². The SMILES string of the molecule is O=C(CNc1ccccc1)NCC(O)c1ccccc1F. The van der Waals surface area contributed by atoms with E-state index in [1.165, 1.54) is 12.1 Å². The third kappa shape index (κ3) is 4.57. The minimum absolute atomic E-state index is 0.0315. The van der Waals surface area contributed by atoms with Gasteiger partial charge in [-0.3, -0.25) is 4.79 Å². The molecule has 1 unspecified atom stereocenters. The smallest absolute Gasteiger partial charge is 0.239 e. The Labute approximate surface area is 122 Å². The van der Waals surface area contributed by atoms with Crippen LogP contribution in [0.1, 0.15) is 11.7 Å². The van der Waals surface area contributed by atoms with Crippen LogP contribution in [0.4, 0.5) is 10.1 Å². The highest BCUT2D eigenvalue weighted by Gasteiger charge is 2.13. The Morgan fingerprint density at radius 1 is 1.10 bits per heavy atom. The molecule has 2 aromatic rings. The maximum Gasteiger partial charge on any atom is 0.239 e. The first-order valence-electron chi connectivity index (χ1n) is 6.65. The van der Waals surface area contributed by atoms with E-state index < -0.39 is 11.9 Å². The van der Waals surface area contributed by atoms with Crippen molar-refractivity contribution in [1.82, 2.24) is 5.32 Å². The van der Waals surface area contributed by atoms with Gasteiger partial charge < -0.3 is 15.7 Å². The van der Waals surface area contributed by atoms with Crippen LogP contribution < -0.4 is 10.6 Å². The maximum atomic E-state index is 13.4. The highest BCUT2D eigenvalue weighted by molar-refractivity contribution is 5.80. The molecule has 3 N–H and O–H groups in total.